The minimum Gasteiger partial charge on any atom is -0.264 e. The van der Waals surface area contributed by atoms with Crippen LogP contribution in [-0.2, 0) is 5.41 Å². The average molecular weight is 806 g/mol. The summed E-state index contributed by atoms with van der Waals surface area (Å²) in [4.78, 5) is 14.9. The summed E-state index contributed by atoms with van der Waals surface area (Å²) in [7, 11) is 0. The SMILES string of the molecule is c1ccc(-c2nc(-c3ccc(-c4cccnc4)cc3)cc(-c3ccc4c(c3)C3(c5ccccc5-c5ccccc5-4)c4ccccc4-c4c3ccc3c4sc4ccccc43)n2)cc1. The topological polar surface area (TPSA) is 38.7 Å². The van der Waals surface area contributed by atoms with Crippen molar-refractivity contribution in [1.82, 2.24) is 15.0 Å². The van der Waals surface area contributed by atoms with Crippen LogP contribution in [0.25, 0.3) is 98.6 Å². The van der Waals surface area contributed by atoms with E-state index in [4.69, 9.17) is 9.97 Å². The Kier molecular flexibility index (Phi) is 7.69. The highest BCUT2D eigenvalue weighted by molar-refractivity contribution is 7.26. The molecule has 0 saturated heterocycles. The highest BCUT2D eigenvalue weighted by Gasteiger charge is 2.50. The summed E-state index contributed by atoms with van der Waals surface area (Å²) >= 11 is 1.91. The molecular weight excluding hydrogens is 771 g/mol. The number of aromatic nitrogens is 3. The number of thiophene rings is 1. The molecule has 1 unspecified atom stereocenters. The van der Waals surface area contributed by atoms with Crippen LogP contribution >= 0.6 is 11.3 Å². The fraction of sp³-hybridized carbons (Fsp3) is 0.0172. The van der Waals surface area contributed by atoms with Crippen LogP contribution in [0.5, 0.6) is 0 Å². The first-order chi connectivity index (χ1) is 30.7. The molecule has 3 aromatic heterocycles. The van der Waals surface area contributed by atoms with Gasteiger partial charge in [-0.15, -0.1) is 11.3 Å². The molecule has 8 aromatic carbocycles. The number of hydrogen-bond donors (Lipinski definition) is 0. The van der Waals surface area contributed by atoms with Gasteiger partial charge < -0.3 is 0 Å². The van der Waals surface area contributed by atoms with E-state index < -0.39 is 5.41 Å². The van der Waals surface area contributed by atoms with Gasteiger partial charge in [0.1, 0.15) is 0 Å². The van der Waals surface area contributed by atoms with Crippen molar-refractivity contribution in [2.75, 3.05) is 0 Å². The number of pyridine rings is 1. The van der Waals surface area contributed by atoms with E-state index in [1.54, 1.807) is 0 Å². The number of hydrogen-bond acceptors (Lipinski definition) is 4. The van der Waals surface area contributed by atoms with Crippen LogP contribution in [0.2, 0.25) is 0 Å². The van der Waals surface area contributed by atoms with E-state index in [2.05, 4.69) is 193 Å². The van der Waals surface area contributed by atoms with Crippen LogP contribution in [0, 0.1) is 0 Å². The Morgan fingerprint density at radius 2 is 0.984 bits per heavy atom. The van der Waals surface area contributed by atoms with E-state index in [9.17, 15) is 0 Å². The van der Waals surface area contributed by atoms with Crippen molar-refractivity contribution >= 4 is 31.5 Å². The Balaban J connectivity index is 1.10. The van der Waals surface area contributed by atoms with Crippen LogP contribution in [0.15, 0.2) is 213 Å². The van der Waals surface area contributed by atoms with Crippen LogP contribution in [0.1, 0.15) is 22.3 Å². The van der Waals surface area contributed by atoms with Crippen LogP contribution < -0.4 is 0 Å². The molecule has 1 atom stereocenters. The molecule has 0 saturated carbocycles. The van der Waals surface area contributed by atoms with Crippen LogP contribution in [-0.4, -0.2) is 15.0 Å². The van der Waals surface area contributed by atoms with E-state index in [-0.39, 0.29) is 0 Å². The highest BCUT2D eigenvalue weighted by Crippen LogP contribution is 2.63. The molecule has 13 rings (SSSR count). The van der Waals surface area contributed by atoms with Gasteiger partial charge in [0.15, 0.2) is 5.82 Å². The first-order valence-electron chi connectivity index (χ1n) is 21.1. The number of benzene rings is 8. The van der Waals surface area contributed by atoms with Crippen molar-refractivity contribution in [3.63, 3.8) is 0 Å². The molecular formula is C58H35N3S. The van der Waals surface area contributed by atoms with Gasteiger partial charge in [0, 0.05) is 54.8 Å². The second kappa shape index (κ2) is 13.6. The van der Waals surface area contributed by atoms with E-state index in [0.29, 0.717) is 5.82 Å². The Bertz CT molecular complexity index is 3570. The van der Waals surface area contributed by atoms with Gasteiger partial charge in [-0.05, 0) is 85.5 Å². The highest BCUT2D eigenvalue weighted by atomic mass is 32.1. The maximum Gasteiger partial charge on any atom is 0.160 e. The molecule has 3 heterocycles. The predicted octanol–water partition coefficient (Wildman–Crippen LogP) is 14.9. The standard InChI is InChI=1S/C58H35N3S/c1-2-13-38(14-3-1)57-60-52(37-26-24-36(25-27-37)40-15-12-32-59-35-40)34-53(61-57)39-28-29-44-42-17-5-4-16-41(42)43-18-6-9-21-48(43)58(51(44)33-39)49-22-10-7-20-47(49)55-50(58)31-30-46-45-19-8-11-23-54(45)62-56(46)55/h1-35H. The fourth-order valence-corrected chi connectivity index (χ4v) is 11.6. The molecule has 11 aromatic rings. The van der Waals surface area contributed by atoms with E-state index in [1.807, 2.05) is 35.9 Å². The van der Waals surface area contributed by atoms with Crippen molar-refractivity contribution in [2.24, 2.45) is 0 Å². The van der Waals surface area contributed by atoms with Crippen molar-refractivity contribution < 1.29 is 0 Å². The van der Waals surface area contributed by atoms with Gasteiger partial charge in [0.25, 0.3) is 0 Å². The lowest BCUT2D eigenvalue weighted by atomic mass is 9.65. The first-order valence-corrected chi connectivity index (χ1v) is 21.9. The van der Waals surface area contributed by atoms with Gasteiger partial charge in [-0.25, -0.2) is 9.97 Å². The minimum atomic E-state index is -0.627. The zero-order valence-corrected chi connectivity index (χ0v) is 34.3. The lowest BCUT2D eigenvalue weighted by molar-refractivity contribution is 0.776. The quantitative estimate of drug-likeness (QED) is 0.178. The summed E-state index contributed by atoms with van der Waals surface area (Å²) in [5.74, 6) is 0.693. The van der Waals surface area contributed by atoms with E-state index >= 15 is 0 Å². The zero-order valence-electron chi connectivity index (χ0n) is 33.5. The van der Waals surface area contributed by atoms with E-state index in [0.717, 1.165) is 39.2 Å². The number of rotatable bonds is 4. The molecule has 2 aliphatic carbocycles. The zero-order chi connectivity index (χ0) is 40.8. The predicted molar refractivity (Wildman–Crippen MR) is 256 cm³/mol. The van der Waals surface area contributed by atoms with Crippen molar-refractivity contribution in [2.45, 2.75) is 5.41 Å². The van der Waals surface area contributed by atoms with Crippen molar-refractivity contribution in [3.8, 4) is 78.4 Å². The van der Waals surface area contributed by atoms with Gasteiger partial charge in [-0.1, -0.05) is 176 Å². The average Bonchev–Trinajstić information content (AvgIpc) is 3.85. The maximum absolute atomic E-state index is 5.38. The molecule has 62 heavy (non-hydrogen) atoms. The van der Waals surface area contributed by atoms with Gasteiger partial charge in [0.2, 0.25) is 0 Å². The number of fused-ring (bicyclic) bond motifs is 16. The normalized spacial score (nSPS) is 14.5. The van der Waals surface area contributed by atoms with Crippen molar-refractivity contribution in [3.05, 3.63) is 235 Å². The molecule has 0 fully saturated rings. The minimum absolute atomic E-state index is 0.627. The largest absolute Gasteiger partial charge is 0.264 e. The van der Waals surface area contributed by atoms with Gasteiger partial charge in [0.05, 0.1) is 16.8 Å². The summed E-state index contributed by atoms with van der Waals surface area (Å²) < 4.78 is 2.65. The Morgan fingerprint density at radius 1 is 0.371 bits per heavy atom. The third-order valence-corrected chi connectivity index (χ3v) is 14.2. The van der Waals surface area contributed by atoms with Crippen molar-refractivity contribution in [1.29, 1.82) is 0 Å². The maximum atomic E-state index is 5.38. The Labute approximate surface area is 363 Å². The fourth-order valence-electron chi connectivity index (χ4n) is 10.3. The first kappa shape index (κ1) is 35.0. The third kappa shape index (κ3) is 5.08. The smallest absolute Gasteiger partial charge is 0.160 e. The summed E-state index contributed by atoms with van der Waals surface area (Å²) in [6.45, 7) is 0. The van der Waals surface area contributed by atoms with E-state index in [1.165, 1.54) is 75.8 Å². The molecule has 4 heteroatoms. The second-order valence-electron chi connectivity index (χ2n) is 16.3. The molecule has 0 bridgehead atoms. The summed E-state index contributed by atoms with van der Waals surface area (Å²) in [5, 5.41) is 2.62. The lowest BCUT2D eigenvalue weighted by Crippen LogP contribution is -2.29. The van der Waals surface area contributed by atoms with Gasteiger partial charge >= 0.3 is 0 Å². The van der Waals surface area contributed by atoms with Crippen LogP contribution in [0.3, 0.4) is 0 Å². The molecule has 0 radical (unpaired) electrons. The van der Waals surface area contributed by atoms with Gasteiger partial charge in [-0.3, -0.25) is 4.98 Å². The Morgan fingerprint density at radius 3 is 1.76 bits per heavy atom. The molecule has 3 nitrogen and oxygen atoms in total. The summed E-state index contributed by atoms with van der Waals surface area (Å²) in [6.07, 6.45) is 3.71. The van der Waals surface area contributed by atoms with Crippen LogP contribution in [0.4, 0.5) is 0 Å². The molecule has 1 spiro atoms. The molecule has 288 valence electrons. The second-order valence-corrected chi connectivity index (χ2v) is 17.3. The summed E-state index contributed by atoms with van der Waals surface area (Å²) in [5.41, 5.74) is 19.1. The third-order valence-electron chi connectivity index (χ3n) is 13.0. The molecule has 0 aliphatic heterocycles. The Hall–Kier alpha value is -7.79. The summed E-state index contributed by atoms with van der Waals surface area (Å²) in [6, 6.07) is 73.1. The lowest BCUT2D eigenvalue weighted by Gasteiger charge is -2.35. The molecule has 0 N–H and O–H groups in total. The van der Waals surface area contributed by atoms with Gasteiger partial charge in [-0.2, -0.15) is 0 Å². The molecule has 0 amide bonds. The monoisotopic (exact) mass is 805 g/mol. The molecule has 2 aliphatic rings. The number of nitrogens with zero attached hydrogens (tertiary/aromatic N) is 3.